The summed E-state index contributed by atoms with van der Waals surface area (Å²) in [5, 5.41) is 9.04. The number of carbonyl (C=O) groups is 1. The topological polar surface area (TPSA) is 75.4 Å². The summed E-state index contributed by atoms with van der Waals surface area (Å²) in [7, 11) is 0. The summed E-state index contributed by atoms with van der Waals surface area (Å²) < 4.78 is 10.9. The maximum Gasteiger partial charge on any atom is 0.410 e. The Morgan fingerprint density at radius 2 is 2.09 bits per heavy atom. The van der Waals surface area contributed by atoms with Crippen LogP contribution in [0.5, 0.6) is 5.75 Å². The summed E-state index contributed by atoms with van der Waals surface area (Å²) in [6.45, 7) is 10.5. The maximum atomic E-state index is 12.1. The number of rotatable bonds is 0. The lowest BCUT2D eigenvalue weighted by molar-refractivity contribution is 0.0225. The Morgan fingerprint density at radius 1 is 1.41 bits per heavy atom. The van der Waals surface area contributed by atoms with Crippen molar-refractivity contribution in [3.05, 3.63) is 23.5 Å². The highest BCUT2D eigenvalue weighted by Crippen LogP contribution is 2.26. The second-order valence-corrected chi connectivity index (χ2v) is 5.54. The van der Waals surface area contributed by atoms with Gasteiger partial charge in [0.2, 0.25) is 0 Å². The first kappa shape index (κ1) is 17.8. The van der Waals surface area contributed by atoms with Crippen LogP contribution in [0.25, 0.3) is 0 Å². The number of amides is 1. The molecule has 6 nitrogen and oxygen atoms in total. The Balaban J connectivity index is 0.00000116. The van der Waals surface area contributed by atoms with E-state index in [-0.39, 0.29) is 0 Å². The van der Waals surface area contributed by atoms with Gasteiger partial charge in [-0.2, -0.15) is 5.26 Å². The van der Waals surface area contributed by atoms with Crippen molar-refractivity contribution < 1.29 is 14.3 Å². The predicted molar refractivity (Wildman–Crippen MR) is 82.4 cm³/mol. The van der Waals surface area contributed by atoms with Gasteiger partial charge in [-0.05, 0) is 20.8 Å². The second-order valence-electron chi connectivity index (χ2n) is 5.54. The van der Waals surface area contributed by atoms with Crippen LogP contribution in [0.15, 0.2) is 12.4 Å². The largest absolute Gasteiger partial charge is 0.490 e. The lowest BCUT2D eigenvalue weighted by Crippen LogP contribution is -2.37. The number of nitriles is 1. The lowest BCUT2D eigenvalue weighted by Gasteiger charge is -2.25. The maximum absolute atomic E-state index is 12.1. The van der Waals surface area contributed by atoms with E-state index in [1.165, 1.54) is 6.20 Å². The van der Waals surface area contributed by atoms with Gasteiger partial charge in [0.05, 0.1) is 13.1 Å². The molecule has 0 saturated heterocycles. The third-order valence-corrected chi connectivity index (χ3v) is 2.71. The van der Waals surface area contributed by atoms with Gasteiger partial charge in [0.1, 0.15) is 29.6 Å². The predicted octanol–water partition coefficient (Wildman–Crippen LogP) is 3.11. The molecule has 0 fully saturated rings. The van der Waals surface area contributed by atoms with Crippen molar-refractivity contribution in [3.63, 3.8) is 0 Å². The molecule has 0 atom stereocenters. The number of carbonyl (C=O) groups excluding carboxylic acids is 1. The molecule has 1 amide bonds. The van der Waals surface area contributed by atoms with Gasteiger partial charge in [0.25, 0.3) is 0 Å². The molecule has 1 aromatic rings. The molecule has 0 N–H and O–H groups in total. The van der Waals surface area contributed by atoms with Gasteiger partial charge in [-0.3, -0.25) is 4.98 Å². The van der Waals surface area contributed by atoms with E-state index in [1.807, 2.05) is 40.7 Å². The molecule has 0 saturated carbocycles. The summed E-state index contributed by atoms with van der Waals surface area (Å²) in [5.41, 5.74) is 0.556. The molecule has 22 heavy (non-hydrogen) atoms. The number of nitrogens with zero attached hydrogens (tertiary/aromatic N) is 3. The third-order valence-electron chi connectivity index (χ3n) is 2.71. The summed E-state index contributed by atoms with van der Waals surface area (Å²) in [4.78, 5) is 17.6. The molecule has 0 radical (unpaired) electrons. The van der Waals surface area contributed by atoms with Crippen molar-refractivity contribution >= 4 is 6.09 Å². The van der Waals surface area contributed by atoms with E-state index >= 15 is 0 Å². The molecule has 6 heteroatoms. The average molecular weight is 305 g/mol. The van der Waals surface area contributed by atoms with E-state index in [2.05, 4.69) is 4.98 Å². The highest BCUT2D eigenvalue weighted by Gasteiger charge is 2.26. The van der Waals surface area contributed by atoms with Gasteiger partial charge < -0.3 is 14.4 Å². The van der Waals surface area contributed by atoms with Crippen LogP contribution in [-0.4, -0.2) is 34.7 Å². The number of aromatic nitrogens is 1. The Hall–Kier alpha value is -2.29. The van der Waals surface area contributed by atoms with Gasteiger partial charge in [-0.1, -0.05) is 13.8 Å². The number of hydrogen-bond donors (Lipinski definition) is 0. The molecule has 0 unspecified atom stereocenters. The first-order chi connectivity index (χ1) is 10.4. The zero-order valence-electron chi connectivity index (χ0n) is 13.8. The minimum atomic E-state index is -0.542. The van der Waals surface area contributed by atoms with Crippen molar-refractivity contribution in [2.45, 2.75) is 46.8 Å². The summed E-state index contributed by atoms with van der Waals surface area (Å²) >= 11 is 0. The highest BCUT2D eigenvalue weighted by atomic mass is 16.6. The molecule has 2 rings (SSSR count). The Kier molecular flexibility index (Phi) is 6.17. The summed E-state index contributed by atoms with van der Waals surface area (Å²) in [6.07, 6.45) is 2.68. The number of pyridine rings is 1. The van der Waals surface area contributed by atoms with Crippen LogP contribution >= 0.6 is 0 Å². The van der Waals surface area contributed by atoms with Gasteiger partial charge in [-0.25, -0.2) is 4.79 Å². The molecular weight excluding hydrogens is 282 g/mol. The highest BCUT2D eigenvalue weighted by molar-refractivity contribution is 5.68. The minimum Gasteiger partial charge on any atom is -0.490 e. The van der Waals surface area contributed by atoms with Crippen LogP contribution in [0, 0.1) is 11.3 Å². The first-order valence-corrected chi connectivity index (χ1v) is 7.38. The molecular formula is C16H23N3O3. The average Bonchev–Trinajstić information content (AvgIpc) is 2.69. The summed E-state index contributed by atoms with van der Waals surface area (Å²) in [5.74, 6) is 0.508. The standard InChI is InChI=1S/C14H17N3O3.C2H6/c1-14(2,3)20-13(18)17-4-5-19-12-10(6-15)7-16-8-11(12)9-17;1-2/h7-8H,4-5,9H2,1-3H3;1-2H3. The third kappa shape index (κ3) is 4.62. The van der Waals surface area contributed by atoms with Crippen molar-refractivity contribution in [1.82, 2.24) is 9.88 Å². The molecule has 120 valence electrons. The molecule has 0 aromatic carbocycles. The van der Waals surface area contributed by atoms with Crippen molar-refractivity contribution in [2.75, 3.05) is 13.2 Å². The number of ether oxygens (including phenoxy) is 2. The molecule has 1 aliphatic heterocycles. The van der Waals surface area contributed by atoms with E-state index in [0.29, 0.717) is 36.6 Å². The number of fused-ring (bicyclic) bond motifs is 1. The fourth-order valence-corrected chi connectivity index (χ4v) is 1.88. The molecule has 1 aromatic heterocycles. The molecule has 2 heterocycles. The van der Waals surface area contributed by atoms with Crippen LogP contribution in [0.2, 0.25) is 0 Å². The molecule has 1 aliphatic rings. The summed E-state index contributed by atoms with van der Waals surface area (Å²) in [6, 6.07) is 2.04. The molecule has 0 bridgehead atoms. The minimum absolute atomic E-state index is 0.324. The lowest BCUT2D eigenvalue weighted by atomic mass is 10.2. The van der Waals surface area contributed by atoms with Crippen LogP contribution < -0.4 is 4.74 Å². The van der Waals surface area contributed by atoms with E-state index in [0.717, 1.165) is 0 Å². The fourth-order valence-electron chi connectivity index (χ4n) is 1.88. The SMILES string of the molecule is CC.CC(C)(C)OC(=O)N1CCOc2c(C#N)cncc2C1. The quantitative estimate of drug-likeness (QED) is 0.736. The first-order valence-electron chi connectivity index (χ1n) is 7.38. The normalized spacial score (nSPS) is 13.5. The monoisotopic (exact) mass is 305 g/mol. The molecule has 0 spiro atoms. The van der Waals surface area contributed by atoms with Crippen LogP contribution in [-0.2, 0) is 11.3 Å². The van der Waals surface area contributed by atoms with E-state index < -0.39 is 11.7 Å². The number of hydrogen-bond acceptors (Lipinski definition) is 5. The van der Waals surface area contributed by atoms with E-state index in [1.54, 1.807) is 11.1 Å². The van der Waals surface area contributed by atoms with E-state index in [9.17, 15) is 4.79 Å². The smallest absolute Gasteiger partial charge is 0.410 e. The van der Waals surface area contributed by atoms with Gasteiger partial charge in [-0.15, -0.1) is 0 Å². The Morgan fingerprint density at radius 3 is 2.68 bits per heavy atom. The Bertz CT molecular complexity index is 559. The fraction of sp³-hybridized carbons (Fsp3) is 0.562. The molecule has 0 aliphatic carbocycles. The van der Waals surface area contributed by atoms with Gasteiger partial charge >= 0.3 is 6.09 Å². The van der Waals surface area contributed by atoms with Crippen LogP contribution in [0.3, 0.4) is 0 Å². The van der Waals surface area contributed by atoms with Crippen molar-refractivity contribution in [1.29, 1.82) is 5.26 Å². The zero-order chi connectivity index (χ0) is 16.8. The van der Waals surface area contributed by atoms with Gasteiger partial charge in [0.15, 0.2) is 0 Å². The van der Waals surface area contributed by atoms with Gasteiger partial charge in [0, 0.05) is 18.0 Å². The van der Waals surface area contributed by atoms with Crippen molar-refractivity contribution in [3.8, 4) is 11.8 Å². The van der Waals surface area contributed by atoms with E-state index in [4.69, 9.17) is 14.7 Å². The Labute approximate surface area is 131 Å². The van der Waals surface area contributed by atoms with Crippen LogP contribution in [0.4, 0.5) is 4.79 Å². The van der Waals surface area contributed by atoms with Crippen LogP contribution in [0.1, 0.15) is 45.7 Å². The second kappa shape index (κ2) is 7.64. The zero-order valence-corrected chi connectivity index (χ0v) is 13.8. The van der Waals surface area contributed by atoms with Crippen molar-refractivity contribution in [2.24, 2.45) is 0 Å².